The van der Waals surface area contributed by atoms with Crippen LogP contribution in [-0.4, -0.2) is 13.4 Å². The summed E-state index contributed by atoms with van der Waals surface area (Å²) in [5.41, 5.74) is 4.81. The van der Waals surface area contributed by atoms with Crippen molar-refractivity contribution in [1.82, 2.24) is 5.43 Å². The van der Waals surface area contributed by atoms with E-state index in [1.807, 2.05) is 18.4 Å². The second kappa shape index (κ2) is 6.99. The van der Waals surface area contributed by atoms with E-state index in [1.165, 1.54) is 4.90 Å². The molecule has 20 heavy (non-hydrogen) atoms. The lowest BCUT2D eigenvalue weighted by molar-refractivity contribution is 0.404. The van der Waals surface area contributed by atoms with Crippen LogP contribution in [-0.2, 0) is 0 Å². The molecule has 0 aliphatic carbocycles. The second-order valence-electron chi connectivity index (χ2n) is 4.26. The Bertz CT molecular complexity index is 575. The fourth-order valence-corrected chi connectivity index (χ4v) is 2.68. The molecule has 0 saturated heterocycles. The number of methoxy groups -OCH3 is 1. The maximum Gasteiger partial charge on any atom is 0.124 e. The van der Waals surface area contributed by atoms with Crippen molar-refractivity contribution >= 4 is 23.4 Å². The van der Waals surface area contributed by atoms with Crippen LogP contribution in [0.5, 0.6) is 5.75 Å². The molecule has 0 fully saturated rings. The third-order valence-electron chi connectivity index (χ3n) is 3.12. The Morgan fingerprint density at radius 2 is 1.90 bits per heavy atom. The number of halogens is 1. The molecule has 0 spiro atoms. The van der Waals surface area contributed by atoms with Gasteiger partial charge in [0.2, 0.25) is 0 Å². The number of nitrogens with one attached hydrogen (secondary N) is 1. The highest BCUT2D eigenvalue weighted by atomic mass is 35.5. The number of benzene rings is 2. The Balaban J connectivity index is 2.43. The predicted molar refractivity (Wildman–Crippen MR) is 85.4 cm³/mol. The maximum absolute atomic E-state index is 6.08. The topological polar surface area (TPSA) is 47.3 Å². The predicted octanol–water partition coefficient (Wildman–Crippen LogP) is 3.62. The molecule has 0 saturated carbocycles. The molecule has 106 valence electrons. The van der Waals surface area contributed by atoms with Gasteiger partial charge in [0.05, 0.1) is 13.2 Å². The third-order valence-corrected chi connectivity index (χ3v) is 4.10. The van der Waals surface area contributed by atoms with Crippen molar-refractivity contribution in [2.45, 2.75) is 10.9 Å². The van der Waals surface area contributed by atoms with E-state index in [2.05, 4.69) is 29.7 Å². The SMILES string of the molecule is COc1ccc(Cl)cc1C(NN)c1ccc(SC)cc1. The lowest BCUT2D eigenvalue weighted by Gasteiger charge is -2.20. The van der Waals surface area contributed by atoms with Gasteiger partial charge in [-0.25, -0.2) is 5.43 Å². The minimum Gasteiger partial charge on any atom is -0.496 e. The van der Waals surface area contributed by atoms with Gasteiger partial charge >= 0.3 is 0 Å². The van der Waals surface area contributed by atoms with Crippen LogP contribution in [0.2, 0.25) is 5.02 Å². The third kappa shape index (κ3) is 3.27. The number of nitrogens with two attached hydrogens (primary N) is 1. The van der Waals surface area contributed by atoms with Gasteiger partial charge < -0.3 is 4.74 Å². The summed E-state index contributed by atoms with van der Waals surface area (Å²) in [7, 11) is 1.64. The van der Waals surface area contributed by atoms with Crippen molar-refractivity contribution in [1.29, 1.82) is 0 Å². The zero-order valence-corrected chi connectivity index (χ0v) is 13.0. The first-order valence-electron chi connectivity index (χ1n) is 6.13. The molecule has 3 N–H and O–H groups in total. The Kier molecular flexibility index (Phi) is 5.31. The summed E-state index contributed by atoms with van der Waals surface area (Å²) in [4.78, 5) is 1.21. The van der Waals surface area contributed by atoms with Crippen molar-refractivity contribution in [2.75, 3.05) is 13.4 Å². The van der Waals surface area contributed by atoms with Crippen LogP contribution >= 0.6 is 23.4 Å². The minimum atomic E-state index is -0.167. The number of thioether (sulfide) groups is 1. The molecule has 2 aromatic carbocycles. The van der Waals surface area contributed by atoms with Gasteiger partial charge in [-0.15, -0.1) is 11.8 Å². The summed E-state index contributed by atoms with van der Waals surface area (Å²) in [5.74, 6) is 6.48. The summed E-state index contributed by atoms with van der Waals surface area (Å²) in [6.07, 6.45) is 2.05. The van der Waals surface area contributed by atoms with Crippen LogP contribution in [0.4, 0.5) is 0 Å². The molecule has 1 atom stereocenters. The Morgan fingerprint density at radius 1 is 1.20 bits per heavy atom. The summed E-state index contributed by atoms with van der Waals surface area (Å²) >= 11 is 7.79. The molecule has 2 rings (SSSR count). The van der Waals surface area contributed by atoms with Gasteiger partial charge in [0.1, 0.15) is 5.75 Å². The highest BCUT2D eigenvalue weighted by Crippen LogP contribution is 2.32. The average Bonchev–Trinajstić information content (AvgIpc) is 2.49. The van der Waals surface area contributed by atoms with Crippen molar-refractivity contribution in [2.24, 2.45) is 5.84 Å². The molecule has 3 nitrogen and oxygen atoms in total. The normalized spacial score (nSPS) is 12.2. The van der Waals surface area contributed by atoms with Gasteiger partial charge in [0.25, 0.3) is 0 Å². The zero-order valence-electron chi connectivity index (χ0n) is 11.4. The van der Waals surface area contributed by atoms with E-state index in [0.29, 0.717) is 5.02 Å². The van der Waals surface area contributed by atoms with Crippen LogP contribution in [0.25, 0.3) is 0 Å². The maximum atomic E-state index is 6.08. The first kappa shape index (κ1) is 15.2. The average molecular weight is 309 g/mol. The Morgan fingerprint density at radius 3 is 2.45 bits per heavy atom. The molecule has 0 aliphatic rings. The lowest BCUT2D eigenvalue weighted by Crippen LogP contribution is -2.29. The molecular formula is C15H17ClN2OS. The van der Waals surface area contributed by atoms with E-state index >= 15 is 0 Å². The molecule has 0 aliphatic heterocycles. The molecular weight excluding hydrogens is 292 g/mol. The number of hydrogen-bond acceptors (Lipinski definition) is 4. The van der Waals surface area contributed by atoms with E-state index in [4.69, 9.17) is 22.2 Å². The fourth-order valence-electron chi connectivity index (χ4n) is 2.09. The highest BCUT2D eigenvalue weighted by molar-refractivity contribution is 7.98. The lowest BCUT2D eigenvalue weighted by atomic mass is 9.98. The van der Waals surface area contributed by atoms with Gasteiger partial charge in [-0.05, 0) is 42.2 Å². The van der Waals surface area contributed by atoms with Crippen molar-refractivity contribution < 1.29 is 4.74 Å². The quantitative estimate of drug-likeness (QED) is 0.503. The molecule has 0 aromatic heterocycles. The van der Waals surface area contributed by atoms with E-state index in [9.17, 15) is 0 Å². The van der Waals surface area contributed by atoms with Crippen molar-refractivity contribution in [3.05, 3.63) is 58.6 Å². The van der Waals surface area contributed by atoms with Gasteiger partial charge in [0, 0.05) is 15.5 Å². The molecule has 5 heteroatoms. The van der Waals surface area contributed by atoms with Crippen molar-refractivity contribution in [3.63, 3.8) is 0 Å². The number of ether oxygens (including phenoxy) is 1. The minimum absolute atomic E-state index is 0.167. The second-order valence-corrected chi connectivity index (χ2v) is 5.58. The summed E-state index contributed by atoms with van der Waals surface area (Å²) in [5, 5.41) is 0.654. The van der Waals surface area contributed by atoms with Crippen LogP contribution < -0.4 is 16.0 Å². The van der Waals surface area contributed by atoms with Crippen LogP contribution in [0.3, 0.4) is 0 Å². The number of rotatable bonds is 5. The van der Waals surface area contributed by atoms with Crippen LogP contribution in [0, 0.1) is 0 Å². The number of hydrazine groups is 1. The standard InChI is InChI=1S/C15H17ClN2OS/c1-19-14-8-5-11(16)9-13(14)15(18-17)10-3-6-12(20-2)7-4-10/h3-9,15,18H,17H2,1-2H3. The van der Waals surface area contributed by atoms with Gasteiger partial charge in [-0.3, -0.25) is 5.84 Å². The van der Waals surface area contributed by atoms with E-state index in [1.54, 1.807) is 24.9 Å². The van der Waals surface area contributed by atoms with E-state index < -0.39 is 0 Å². The van der Waals surface area contributed by atoms with Crippen LogP contribution in [0.1, 0.15) is 17.2 Å². The first-order valence-corrected chi connectivity index (χ1v) is 7.73. The monoisotopic (exact) mass is 308 g/mol. The molecule has 0 bridgehead atoms. The molecule has 0 radical (unpaired) electrons. The van der Waals surface area contributed by atoms with E-state index in [-0.39, 0.29) is 6.04 Å². The highest BCUT2D eigenvalue weighted by Gasteiger charge is 2.17. The van der Waals surface area contributed by atoms with E-state index in [0.717, 1.165) is 16.9 Å². The summed E-state index contributed by atoms with van der Waals surface area (Å²) in [6.45, 7) is 0. The Hall–Kier alpha value is -1.20. The van der Waals surface area contributed by atoms with Gasteiger partial charge in [0.15, 0.2) is 0 Å². The fraction of sp³-hybridized carbons (Fsp3) is 0.200. The van der Waals surface area contributed by atoms with Crippen molar-refractivity contribution in [3.8, 4) is 5.75 Å². The van der Waals surface area contributed by atoms with Gasteiger partial charge in [-0.1, -0.05) is 23.7 Å². The smallest absolute Gasteiger partial charge is 0.124 e. The largest absolute Gasteiger partial charge is 0.496 e. The Labute approximate surface area is 128 Å². The molecule has 0 amide bonds. The molecule has 1 unspecified atom stereocenters. The molecule has 2 aromatic rings. The first-order chi connectivity index (χ1) is 9.69. The summed E-state index contributed by atoms with van der Waals surface area (Å²) < 4.78 is 5.39. The van der Waals surface area contributed by atoms with Gasteiger partial charge in [-0.2, -0.15) is 0 Å². The summed E-state index contributed by atoms with van der Waals surface area (Å²) in [6, 6.07) is 13.6. The zero-order chi connectivity index (χ0) is 14.5. The number of hydrogen-bond donors (Lipinski definition) is 2. The molecule has 0 heterocycles. The van der Waals surface area contributed by atoms with Crippen LogP contribution in [0.15, 0.2) is 47.4 Å².